The minimum Gasteiger partial charge on any atom is -0.449 e. The van der Waals surface area contributed by atoms with Gasteiger partial charge < -0.3 is 10.1 Å². The maximum absolute atomic E-state index is 12.1. The highest BCUT2D eigenvalue weighted by Crippen LogP contribution is 2.19. The number of halogens is 1. The average molecular weight is 380 g/mol. The maximum atomic E-state index is 12.1. The normalized spacial score (nSPS) is 15.5. The second-order valence-corrected chi connectivity index (χ2v) is 6.53. The highest BCUT2D eigenvalue weighted by Gasteiger charge is 2.20. The SMILES string of the molecule is C[C@@H](OC(=O)c1ccccc1Br)C(=O)NCCC1=CCCCC1. The lowest BCUT2D eigenvalue weighted by molar-refractivity contribution is -0.129. The van der Waals surface area contributed by atoms with Crippen molar-refractivity contribution in [1.29, 1.82) is 0 Å². The lowest BCUT2D eigenvalue weighted by Gasteiger charge is -2.16. The molecule has 124 valence electrons. The predicted octanol–water partition coefficient (Wildman–Crippen LogP) is 4.00. The van der Waals surface area contributed by atoms with Crippen molar-refractivity contribution in [2.45, 2.75) is 45.1 Å². The van der Waals surface area contributed by atoms with Crippen LogP contribution in [-0.4, -0.2) is 24.5 Å². The molecule has 5 heteroatoms. The minimum absolute atomic E-state index is 0.262. The van der Waals surface area contributed by atoms with Crippen molar-refractivity contribution in [3.05, 3.63) is 46.0 Å². The fraction of sp³-hybridized carbons (Fsp3) is 0.444. The molecule has 1 aliphatic rings. The van der Waals surface area contributed by atoms with Gasteiger partial charge >= 0.3 is 5.97 Å². The van der Waals surface area contributed by atoms with E-state index >= 15 is 0 Å². The summed E-state index contributed by atoms with van der Waals surface area (Å²) >= 11 is 3.30. The lowest BCUT2D eigenvalue weighted by atomic mass is 9.97. The van der Waals surface area contributed by atoms with Gasteiger partial charge in [0.25, 0.3) is 5.91 Å². The van der Waals surface area contributed by atoms with Crippen LogP contribution in [-0.2, 0) is 9.53 Å². The van der Waals surface area contributed by atoms with Crippen LogP contribution in [0, 0.1) is 0 Å². The van der Waals surface area contributed by atoms with E-state index in [0.29, 0.717) is 16.6 Å². The Labute approximate surface area is 145 Å². The molecule has 1 aliphatic carbocycles. The van der Waals surface area contributed by atoms with E-state index < -0.39 is 12.1 Å². The molecule has 0 spiro atoms. The number of benzene rings is 1. The van der Waals surface area contributed by atoms with Gasteiger partial charge in [-0.05, 0) is 67.1 Å². The van der Waals surface area contributed by atoms with E-state index in [1.807, 2.05) is 6.07 Å². The molecule has 4 nitrogen and oxygen atoms in total. The van der Waals surface area contributed by atoms with Gasteiger partial charge in [-0.1, -0.05) is 23.8 Å². The number of hydrogen-bond donors (Lipinski definition) is 1. The first-order valence-electron chi connectivity index (χ1n) is 7.99. The molecule has 1 atom stereocenters. The number of carbonyl (C=O) groups excluding carboxylic acids is 2. The molecule has 0 aromatic heterocycles. The Bertz CT molecular complexity index is 598. The predicted molar refractivity (Wildman–Crippen MR) is 93.2 cm³/mol. The summed E-state index contributed by atoms with van der Waals surface area (Å²) in [7, 11) is 0. The van der Waals surface area contributed by atoms with Crippen molar-refractivity contribution < 1.29 is 14.3 Å². The molecule has 0 bridgehead atoms. The molecule has 0 fully saturated rings. The van der Waals surface area contributed by atoms with Crippen LogP contribution in [0.15, 0.2) is 40.4 Å². The van der Waals surface area contributed by atoms with Crippen molar-refractivity contribution >= 4 is 27.8 Å². The summed E-state index contributed by atoms with van der Waals surface area (Å²) in [6, 6.07) is 6.99. The third-order valence-electron chi connectivity index (χ3n) is 3.88. The number of carbonyl (C=O) groups is 2. The van der Waals surface area contributed by atoms with Gasteiger partial charge in [-0.25, -0.2) is 4.79 Å². The molecule has 1 aromatic rings. The van der Waals surface area contributed by atoms with E-state index in [1.165, 1.54) is 18.4 Å². The number of amides is 1. The Morgan fingerprint density at radius 1 is 1.30 bits per heavy atom. The summed E-state index contributed by atoms with van der Waals surface area (Å²) in [6.07, 6.45) is 7.10. The van der Waals surface area contributed by atoms with E-state index in [2.05, 4.69) is 27.3 Å². The zero-order chi connectivity index (χ0) is 16.7. The van der Waals surface area contributed by atoms with Gasteiger partial charge in [-0.2, -0.15) is 0 Å². The summed E-state index contributed by atoms with van der Waals surface area (Å²) < 4.78 is 5.88. The summed E-state index contributed by atoms with van der Waals surface area (Å²) in [5.41, 5.74) is 1.83. The Morgan fingerprint density at radius 3 is 2.78 bits per heavy atom. The zero-order valence-electron chi connectivity index (χ0n) is 13.3. The van der Waals surface area contributed by atoms with Crippen molar-refractivity contribution in [3.63, 3.8) is 0 Å². The van der Waals surface area contributed by atoms with Crippen molar-refractivity contribution in [2.75, 3.05) is 6.54 Å². The quantitative estimate of drug-likeness (QED) is 0.600. The van der Waals surface area contributed by atoms with Crippen LogP contribution < -0.4 is 5.32 Å². The molecule has 0 unspecified atom stereocenters. The van der Waals surface area contributed by atoms with Crippen LogP contribution in [0.1, 0.15) is 49.4 Å². The topological polar surface area (TPSA) is 55.4 Å². The fourth-order valence-corrected chi connectivity index (χ4v) is 2.97. The molecule has 1 amide bonds. The molecule has 1 N–H and O–H groups in total. The van der Waals surface area contributed by atoms with Crippen LogP contribution in [0.4, 0.5) is 0 Å². The number of esters is 1. The van der Waals surface area contributed by atoms with Crippen LogP contribution in [0.25, 0.3) is 0 Å². The Hall–Kier alpha value is -1.62. The van der Waals surface area contributed by atoms with Crippen LogP contribution in [0.3, 0.4) is 0 Å². The van der Waals surface area contributed by atoms with Gasteiger partial charge in [0.1, 0.15) is 0 Å². The first-order valence-corrected chi connectivity index (χ1v) is 8.78. The van der Waals surface area contributed by atoms with Crippen molar-refractivity contribution in [1.82, 2.24) is 5.32 Å². The highest BCUT2D eigenvalue weighted by atomic mass is 79.9. The number of nitrogens with one attached hydrogen (secondary N) is 1. The number of rotatable bonds is 6. The summed E-state index contributed by atoms with van der Waals surface area (Å²) in [4.78, 5) is 24.1. The standard InChI is InChI=1S/C18H22BrNO3/c1-13(23-18(22)15-9-5-6-10-16(15)19)17(21)20-12-11-14-7-3-2-4-8-14/h5-7,9-10,13H,2-4,8,11-12H2,1H3,(H,20,21)/t13-/m1/s1. The number of allylic oxidation sites excluding steroid dienone is 1. The van der Waals surface area contributed by atoms with Gasteiger partial charge in [-0.15, -0.1) is 0 Å². The third-order valence-corrected chi connectivity index (χ3v) is 4.57. The lowest BCUT2D eigenvalue weighted by Crippen LogP contribution is -2.36. The largest absolute Gasteiger partial charge is 0.449 e. The van der Waals surface area contributed by atoms with E-state index in [9.17, 15) is 9.59 Å². The molecule has 0 saturated heterocycles. The van der Waals surface area contributed by atoms with Gasteiger partial charge in [0.05, 0.1) is 5.56 Å². The highest BCUT2D eigenvalue weighted by molar-refractivity contribution is 9.10. The number of hydrogen-bond acceptors (Lipinski definition) is 3. The van der Waals surface area contributed by atoms with Crippen molar-refractivity contribution in [2.24, 2.45) is 0 Å². The Morgan fingerprint density at radius 2 is 2.09 bits per heavy atom. The van der Waals surface area contributed by atoms with Crippen LogP contribution in [0.5, 0.6) is 0 Å². The maximum Gasteiger partial charge on any atom is 0.340 e. The van der Waals surface area contributed by atoms with Crippen LogP contribution >= 0.6 is 15.9 Å². The smallest absolute Gasteiger partial charge is 0.340 e. The van der Waals surface area contributed by atoms with E-state index in [0.717, 1.165) is 19.3 Å². The molecule has 23 heavy (non-hydrogen) atoms. The Balaban J connectivity index is 1.77. The Kier molecular flexibility index (Phi) is 6.84. The molecule has 0 heterocycles. The molecule has 0 aliphatic heterocycles. The molecule has 0 saturated carbocycles. The summed E-state index contributed by atoms with van der Waals surface area (Å²) in [6.45, 7) is 2.17. The molecule has 1 aromatic carbocycles. The number of ether oxygens (including phenoxy) is 1. The second-order valence-electron chi connectivity index (χ2n) is 5.68. The van der Waals surface area contributed by atoms with Crippen LogP contribution in [0.2, 0.25) is 0 Å². The van der Waals surface area contributed by atoms with Gasteiger partial charge in [-0.3, -0.25) is 4.79 Å². The minimum atomic E-state index is -0.810. The average Bonchev–Trinajstić information content (AvgIpc) is 2.56. The fourth-order valence-electron chi connectivity index (χ4n) is 2.53. The van der Waals surface area contributed by atoms with Gasteiger partial charge in [0.15, 0.2) is 6.10 Å². The zero-order valence-corrected chi connectivity index (χ0v) is 14.9. The first kappa shape index (κ1) is 17.7. The third kappa shape index (κ3) is 5.50. The van der Waals surface area contributed by atoms with E-state index in [1.54, 1.807) is 25.1 Å². The second kappa shape index (κ2) is 8.87. The van der Waals surface area contributed by atoms with Crippen molar-refractivity contribution in [3.8, 4) is 0 Å². The van der Waals surface area contributed by atoms with E-state index in [-0.39, 0.29) is 5.91 Å². The molecular weight excluding hydrogens is 358 g/mol. The monoisotopic (exact) mass is 379 g/mol. The molecular formula is C18H22BrNO3. The molecule has 0 radical (unpaired) electrons. The summed E-state index contributed by atoms with van der Waals surface area (Å²) in [5, 5.41) is 2.83. The molecule has 2 rings (SSSR count). The summed E-state index contributed by atoms with van der Waals surface area (Å²) in [5.74, 6) is -0.767. The van der Waals surface area contributed by atoms with Gasteiger partial charge in [0, 0.05) is 11.0 Å². The van der Waals surface area contributed by atoms with Gasteiger partial charge in [0.2, 0.25) is 0 Å². The first-order chi connectivity index (χ1) is 11.1. The van der Waals surface area contributed by atoms with E-state index in [4.69, 9.17) is 4.74 Å².